The summed E-state index contributed by atoms with van der Waals surface area (Å²) in [6, 6.07) is 7.73. The minimum Gasteiger partial charge on any atom is -0.324 e. The van der Waals surface area contributed by atoms with Crippen molar-refractivity contribution in [3.8, 4) is 0 Å². The van der Waals surface area contributed by atoms with Crippen molar-refractivity contribution >= 4 is 35.1 Å². The van der Waals surface area contributed by atoms with Crippen LogP contribution < -0.4 is 5.32 Å². The molecule has 1 heterocycles. The monoisotopic (exact) mass is 363 g/mol. The van der Waals surface area contributed by atoms with Gasteiger partial charge in [0.25, 0.3) is 0 Å². The second-order valence-electron chi connectivity index (χ2n) is 5.98. The van der Waals surface area contributed by atoms with Gasteiger partial charge < -0.3 is 5.32 Å². The highest BCUT2D eigenvalue weighted by Gasteiger charge is 2.20. The van der Waals surface area contributed by atoms with Crippen molar-refractivity contribution in [3.63, 3.8) is 0 Å². The average molecular weight is 364 g/mol. The number of nitrogens with one attached hydrogen (secondary N) is 1. The molecule has 1 aromatic heterocycles. The van der Waals surface area contributed by atoms with Gasteiger partial charge in [0.15, 0.2) is 0 Å². The van der Waals surface area contributed by atoms with Gasteiger partial charge in [0.05, 0.1) is 17.0 Å². The summed E-state index contributed by atoms with van der Waals surface area (Å²) in [7, 11) is 0. The predicted octanol–water partition coefficient (Wildman–Crippen LogP) is 3.44. The lowest BCUT2D eigenvalue weighted by molar-refractivity contribution is -0.113. The van der Waals surface area contributed by atoms with Gasteiger partial charge in [0.2, 0.25) is 11.1 Å². The molecule has 0 spiro atoms. The first-order chi connectivity index (χ1) is 11.4. The Hall–Kier alpha value is -1.80. The van der Waals surface area contributed by atoms with E-state index in [1.165, 1.54) is 11.8 Å². The topological polar surface area (TPSA) is 72.7 Å². The number of thioether (sulfide) groups is 2. The number of carbonyl (C=O) groups is 1. The number of carbonyl (C=O) groups excluding carboxylic acids is 1. The fourth-order valence-corrected chi connectivity index (χ4v) is 3.46. The van der Waals surface area contributed by atoms with Gasteiger partial charge in [-0.1, -0.05) is 30.0 Å². The molecule has 0 radical (unpaired) electrons. The van der Waals surface area contributed by atoms with Crippen molar-refractivity contribution in [1.82, 2.24) is 20.2 Å². The molecule has 1 aromatic carbocycles. The number of tetrazole rings is 1. The third kappa shape index (κ3) is 5.10. The number of aromatic nitrogens is 4. The number of nitrogens with zero attached hydrogens (tertiary/aromatic N) is 4. The van der Waals surface area contributed by atoms with E-state index in [4.69, 9.17) is 0 Å². The van der Waals surface area contributed by atoms with Gasteiger partial charge in [0, 0.05) is 10.6 Å². The molecule has 1 amide bonds. The Kier molecular flexibility index (Phi) is 6.44. The Balaban J connectivity index is 1.97. The van der Waals surface area contributed by atoms with Crippen LogP contribution in [0.3, 0.4) is 0 Å². The lowest BCUT2D eigenvalue weighted by atomic mass is 10.1. The zero-order valence-electron chi connectivity index (χ0n) is 14.0. The van der Waals surface area contributed by atoms with Crippen molar-refractivity contribution in [2.45, 2.75) is 36.4 Å². The van der Waals surface area contributed by atoms with E-state index < -0.39 is 0 Å². The predicted molar refractivity (Wildman–Crippen MR) is 99.5 cm³/mol. The molecule has 24 heavy (non-hydrogen) atoms. The molecule has 0 fully saturated rings. The molecule has 0 aliphatic heterocycles. The van der Waals surface area contributed by atoms with Crippen LogP contribution in [0, 0.1) is 0 Å². The number of hydrogen-bond donors (Lipinski definition) is 1. The molecular formula is C16H21N5OS2. The maximum Gasteiger partial charge on any atom is 0.234 e. The highest BCUT2D eigenvalue weighted by Crippen LogP contribution is 2.27. The zero-order valence-corrected chi connectivity index (χ0v) is 15.7. The van der Waals surface area contributed by atoms with E-state index in [-0.39, 0.29) is 17.2 Å². The van der Waals surface area contributed by atoms with Crippen molar-refractivity contribution in [2.24, 2.45) is 0 Å². The Labute approximate surface area is 150 Å². The van der Waals surface area contributed by atoms with E-state index >= 15 is 0 Å². The van der Waals surface area contributed by atoms with Crippen molar-refractivity contribution < 1.29 is 4.79 Å². The summed E-state index contributed by atoms with van der Waals surface area (Å²) >= 11 is 2.96. The average Bonchev–Trinajstić information content (AvgIpc) is 3.01. The van der Waals surface area contributed by atoms with Gasteiger partial charge in [-0.3, -0.25) is 4.79 Å². The van der Waals surface area contributed by atoms with Gasteiger partial charge in [-0.25, -0.2) is 4.68 Å². The zero-order chi connectivity index (χ0) is 17.6. The van der Waals surface area contributed by atoms with Crippen LogP contribution in [0.15, 0.2) is 47.0 Å². The summed E-state index contributed by atoms with van der Waals surface area (Å²) in [6.07, 6.45) is 1.84. The number of benzene rings is 1. The van der Waals surface area contributed by atoms with Crippen molar-refractivity contribution in [1.29, 1.82) is 0 Å². The van der Waals surface area contributed by atoms with Gasteiger partial charge in [-0.2, -0.15) is 0 Å². The highest BCUT2D eigenvalue weighted by atomic mass is 32.2. The fraction of sp³-hybridized carbons (Fsp3) is 0.375. The summed E-state index contributed by atoms with van der Waals surface area (Å²) in [5.41, 5.74) is 0.585. The first-order valence-corrected chi connectivity index (χ1v) is 9.43. The van der Waals surface area contributed by atoms with Crippen LogP contribution >= 0.6 is 23.5 Å². The normalized spacial score (nSPS) is 11.3. The molecule has 8 heteroatoms. The number of para-hydroxylation sites is 1. The standard InChI is InChI=1S/C16H21N5OS2/c1-5-10-23-13-9-7-6-8-12(13)17-14(22)11-24-15-18-19-20-21(15)16(2,3)4/h5-9H,1,10-11H2,2-4H3,(H,17,22). The summed E-state index contributed by atoms with van der Waals surface area (Å²) in [4.78, 5) is 13.3. The van der Waals surface area contributed by atoms with Crippen LogP contribution in [-0.4, -0.2) is 37.6 Å². The Bertz CT molecular complexity index is 708. The first kappa shape index (κ1) is 18.5. The molecule has 0 bridgehead atoms. The smallest absolute Gasteiger partial charge is 0.234 e. The van der Waals surface area contributed by atoms with Crippen LogP contribution in [0.25, 0.3) is 0 Å². The number of hydrogen-bond acceptors (Lipinski definition) is 6. The third-order valence-electron chi connectivity index (χ3n) is 2.93. The van der Waals surface area contributed by atoms with Crippen LogP contribution in [0.2, 0.25) is 0 Å². The molecule has 0 aliphatic carbocycles. The molecule has 0 unspecified atom stereocenters. The second kappa shape index (κ2) is 8.34. The molecule has 2 rings (SSSR count). The molecular weight excluding hydrogens is 342 g/mol. The molecule has 6 nitrogen and oxygen atoms in total. The Morgan fingerprint density at radius 1 is 1.33 bits per heavy atom. The van der Waals surface area contributed by atoms with Crippen LogP contribution in [0.5, 0.6) is 0 Å². The van der Waals surface area contributed by atoms with Crippen molar-refractivity contribution in [2.75, 3.05) is 16.8 Å². The third-order valence-corrected chi connectivity index (χ3v) is 4.92. The fourth-order valence-electron chi connectivity index (χ4n) is 1.85. The second-order valence-corrected chi connectivity index (χ2v) is 7.98. The lowest BCUT2D eigenvalue weighted by Crippen LogP contribution is -2.24. The maximum absolute atomic E-state index is 12.3. The van der Waals surface area contributed by atoms with Crippen molar-refractivity contribution in [3.05, 3.63) is 36.9 Å². The maximum atomic E-state index is 12.3. The van der Waals surface area contributed by atoms with E-state index in [0.29, 0.717) is 5.16 Å². The number of rotatable bonds is 7. The number of amides is 1. The van der Waals surface area contributed by atoms with E-state index in [2.05, 4.69) is 27.4 Å². The summed E-state index contributed by atoms with van der Waals surface area (Å²) in [6.45, 7) is 9.76. The minimum absolute atomic E-state index is 0.0879. The summed E-state index contributed by atoms with van der Waals surface area (Å²) in [5, 5.41) is 15.3. The van der Waals surface area contributed by atoms with E-state index in [1.807, 2.05) is 51.1 Å². The van der Waals surface area contributed by atoms with Gasteiger partial charge in [-0.15, -0.1) is 23.4 Å². The molecule has 0 saturated heterocycles. The van der Waals surface area contributed by atoms with Crippen LogP contribution in [-0.2, 0) is 10.3 Å². The van der Waals surface area contributed by atoms with E-state index in [9.17, 15) is 4.79 Å². The summed E-state index contributed by atoms with van der Waals surface area (Å²) in [5.74, 6) is 0.953. The van der Waals surface area contributed by atoms with E-state index in [0.717, 1.165) is 16.3 Å². The molecule has 0 aliphatic rings. The van der Waals surface area contributed by atoms with Gasteiger partial charge in [-0.05, 0) is 43.3 Å². The highest BCUT2D eigenvalue weighted by molar-refractivity contribution is 8.00. The molecule has 1 N–H and O–H groups in total. The minimum atomic E-state index is -0.226. The molecule has 128 valence electrons. The quantitative estimate of drug-likeness (QED) is 0.600. The molecule has 0 saturated carbocycles. The Morgan fingerprint density at radius 2 is 2.08 bits per heavy atom. The van der Waals surface area contributed by atoms with E-state index in [1.54, 1.807) is 16.4 Å². The van der Waals surface area contributed by atoms with Gasteiger partial charge >= 0.3 is 0 Å². The first-order valence-electron chi connectivity index (χ1n) is 7.46. The molecule has 2 aromatic rings. The summed E-state index contributed by atoms with van der Waals surface area (Å²) < 4.78 is 1.72. The van der Waals surface area contributed by atoms with Gasteiger partial charge in [0.1, 0.15) is 0 Å². The van der Waals surface area contributed by atoms with Crippen LogP contribution in [0.4, 0.5) is 5.69 Å². The molecule has 0 atom stereocenters. The number of anilines is 1. The lowest BCUT2D eigenvalue weighted by Gasteiger charge is -2.19. The largest absolute Gasteiger partial charge is 0.324 e. The SMILES string of the molecule is C=CCSc1ccccc1NC(=O)CSc1nnnn1C(C)(C)C. The Morgan fingerprint density at radius 3 is 2.79 bits per heavy atom. The van der Waals surface area contributed by atoms with Crippen LogP contribution in [0.1, 0.15) is 20.8 Å².